The molecule has 134 valence electrons. The standard InChI is InChI=1S/C18H26N6O/c1-13(2)24-17(7-8-20-24)18(25)23-9-5-6-16(23)15-11-19-10-14(21-15)12-22(3)4/h7-8,10-11,13,16H,5-6,9,12H2,1-4H3/t16-/m0/s1. The Morgan fingerprint density at radius 1 is 1.36 bits per heavy atom. The first kappa shape index (κ1) is 17.5. The van der Waals surface area contributed by atoms with Crippen molar-refractivity contribution in [1.82, 2.24) is 29.5 Å². The lowest BCUT2D eigenvalue weighted by Gasteiger charge is -2.25. The van der Waals surface area contributed by atoms with Crippen LogP contribution in [0.5, 0.6) is 0 Å². The first-order valence-corrected chi connectivity index (χ1v) is 8.77. The zero-order valence-electron chi connectivity index (χ0n) is 15.4. The van der Waals surface area contributed by atoms with E-state index in [2.05, 4.69) is 15.0 Å². The normalized spacial score (nSPS) is 17.7. The van der Waals surface area contributed by atoms with E-state index in [9.17, 15) is 4.79 Å². The van der Waals surface area contributed by atoms with Gasteiger partial charge in [-0.1, -0.05) is 0 Å². The third-order valence-corrected chi connectivity index (χ3v) is 4.41. The van der Waals surface area contributed by atoms with Gasteiger partial charge in [0.25, 0.3) is 5.91 Å². The van der Waals surface area contributed by atoms with Crippen molar-refractivity contribution in [2.24, 2.45) is 0 Å². The van der Waals surface area contributed by atoms with E-state index in [0.717, 1.165) is 37.3 Å². The summed E-state index contributed by atoms with van der Waals surface area (Å²) >= 11 is 0. The summed E-state index contributed by atoms with van der Waals surface area (Å²) in [4.78, 5) is 26.2. The highest BCUT2D eigenvalue weighted by Crippen LogP contribution is 2.32. The van der Waals surface area contributed by atoms with Crippen LogP contribution in [0, 0.1) is 0 Å². The number of carbonyl (C=O) groups excluding carboxylic acids is 1. The van der Waals surface area contributed by atoms with E-state index in [1.807, 2.05) is 32.8 Å². The van der Waals surface area contributed by atoms with Crippen LogP contribution in [0.15, 0.2) is 24.7 Å². The molecule has 1 aliphatic rings. The molecule has 2 aromatic rings. The fourth-order valence-corrected chi connectivity index (χ4v) is 3.34. The quantitative estimate of drug-likeness (QED) is 0.834. The molecule has 0 unspecified atom stereocenters. The Morgan fingerprint density at radius 2 is 2.16 bits per heavy atom. The molecule has 3 rings (SSSR count). The Kier molecular flexibility index (Phi) is 5.13. The zero-order valence-corrected chi connectivity index (χ0v) is 15.4. The summed E-state index contributed by atoms with van der Waals surface area (Å²) in [6, 6.07) is 1.93. The summed E-state index contributed by atoms with van der Waals surface area (Å²) in [5.74, 6) is 0.0218. The molecular formula is C18H26N6O. The van der Waals surface area contributed by atoms with Crippen molar-refractivity contribution in [2.45, 2.75) is 45.3 Å². The third-order valence-electron chi connectivity index (χ3n) is 4.41. The largest absolute Gasteiger partial charge is 0.329 e. The van der Waals surface area contributed by atoms with Gasteiger partial charge in [0.2, 0.25) is 0 Å². The molecule has 1 saturated heterocycles. The van der Waals surface area contributed by atoms with Gasteiger partial charge in [0, 0.05) is 31.5 Å². The van der Waals surface area contributed by atoms with Crippen LogP contribution in [0.1, 0.15) is 60.6 Å². The van der Waals surface area contributed by atoms with Crippen LogP contribution in [-0.4, -0.2) is 56.1 Å². The summed E-state index contributed by atoms with van der Waals surface area (Å²) in [6.07, 6.45) is 7.16. The van der Waals surface area contributed by atoms with Crippen LogP contribution in [0.2, 0.25) is 0 Å². The van der Waals surface area contributed by atoms with E-state index in [1.165, 1.54) is 0 Å². The summed E-state index contributed by atoms with van der Waals surface area (Å²) in [5.41, 5.74) is 2.44. The van der Waals surface area contributed by atoms with Crippen molar-refractivity contribution < 1.29 is 4.79 Å². The Balaban J connectivity index is 1.85. The first-order chi connectivity index (χ1) is 12.0. The molecule has 7 nitrogen and oxygen atoms in total. The van der Waals surface area contributed by atoms with Gasteiger partial charge in [0.15, 0.2) is 0 Å². The van der Waals surface area contributed by atoms with Crippen LogP contribution in [0.25, 0.3) is 0 Å². The van der Waals surface area contributed by atoms with Gasteiger partial charge in [-0.05, 0) is 46.9 Å². The fraction of sp³-hybridized carbons (Fsp3) is 0.556. The molecule has 3 heterocycles. The van der Waals surface area contributed by atoms with Gasteiger partial charge in [-0.2, -0.15) is 5.10 Å². The van der Waals surface area contributed by atoms with E-state index < -0.39 is 0 Å². The number of hydrogen-bond donors (Lipinski definition) is 0. The second kappa shape index (κ2) is 7.31. The lowest BCUT2D eigenvalue weighted by Crippen LogP contribution is -2.33. The number of aromatic nitrogens is 4. The van der Waals surface area contributed by atoms with Gasteiger partial charge in [0.1, 0.15) is 5.69 Å². The van der Waals surface area contributed by atoms with E-state index in [-0.39, 0.29) is 18.0 Å². The maximum absolute atomic E-state index is 13.1. The van der Waals surface area contributed by atoms with Gasteiger partial charge in [-0.3, -0.25) is 19.4 Å². The monoisotopic (exact) mass is 342 g/mol. The highest BCUT2D eigenvalue weighted by atomic mass is 16.2. The number of likely N-dealkylation sites (tertiary alicyclic amines) is 1. The van der Waals surface area contributed by atoms with Gasteiger partial charge in [-0.25, -0.2) is 0 Å². The summed E-state index contributed by atoms with van der Waals surface area (Å²) in [5, 5.41) is 4.29. The molecule has 25 heavy (non-hydrogen) atoms. The maximum atomic E-state index is 13.1. The molecule has 7 heteroatoms. The molecule has 0 N–H and O–H groups in total. The number of amides is 1. The minimum atomic E-state index is -0.0161. The molecule has 0 bridgehead atoms. The van der Waals surface area contributed by atoms with Crippen molar-refractivity contribution >= 4 is 5.91 Å². The SMILES string of the molecule is CC(C)n1nccc1C(=O)N1CCC[C@H]1c1cncc(CN(C)C)n1. The number of carbonyl (C=O) groups is 1. The molecule has 0 radical (unpaired) electrons. The topological polar surface area (TPSA) is 67.2 Å². The molecule has 1 fully saturated rings. The predicted octanol–water partition coefficient (Wildman–Crippen LogP) is 2.29. The molecule has 0 saturated carbocycles. The van der Waals surface area contributed by atoms with Crippen molar-refractivity contribution in [2.75, 3.05) is 20.6 Å². The Bertz CT molecular complexity index is 739. The van der Waals surface area contributed by atoms with E-state index in [0.29, 0.717) is 5.69 Å². The van der Waals surface area contributed by atoms with Crippen LogP contribution in [-0.2, 0) is 6.54 Å². The van der Waals surface area contributed by atoms with E-state index in [4.69, 9.17) is 4.98 Å². The van der Waals surface area contributed by atoms with Crippen molar-refractivity contribution in [3.8, 4) is 0 Å². The Hall–Kier alpha value is -2.28. The molecule has 1 atom stereocenters. The summed E-state index contributed by atoms with van der Waals surface area (Å²) in [6.45, 7) is 5.54. The van der Waals surface area contributed by atoms with E-state index >= 15 is 0 Å². The smallest absolute Gasteiger partial charge is 0.272 e. The lowest BCUT2D eigenvalue weighted by atomic mass is 10.1. The summed E-state index contributed by atoms with van der Waals surface area (Å²) < 4.78 is 1.78. The van der Waals surface area contributed by atoms with Crippen molar-refractivity contribution in [3.05, 3.63) is 41.7 Å². The molecule has 0 spiro atoms. The maximum Gasteiger partial charge on any atom is 0.272 e. The highest BCUT2D eigenvalue weighted by molar-refractivity contribution is 5.93. The van der Waals surface area contributed by atoms with Crippen LogP contribution >= 0.6 is 0 Å². The highest BCUT2D eigenvalue weighted by Gasteiger charge is 2.33. The van der Waals surface area contributed by atoms with Gasteiger partial charge in [0.05, 0.1) is 23.6 Å². The molecule has 0 aromatic carbocycles. The third kappa shape index (κ3) is 3.71. The van der Waals surface area contributed by atoms with Crippen LogP contribution in [0.4, 0.5) is 0 Å². The Morgan fingerprint density at radius 3 is 2.88 bits per heavy atom. The predicted molar refractivity (Wildman–Crippen MR) is 95.0 cm³/mol. The van der Waals surface area contributed by atoms with Gasteiger partial charge >= 0.3 is 0 Å². The van der Waals surface area contributed by atoms with Crippen LogP contribution < -0.4 is 0 Å². The number of nitrogens with zero attached hydrogens (tertiary/aromatic N) is 6. The van der Waals surface area contributed by atoms with Crippen LogP contribution in [0.3, 0.4) is 0 Å². The first-order valence-electron chi connectivity index (χ1n) is 8.77. The van der Waals surface area contributed by atoms with Crippen molar-refractivity contribution in [1.29, 1.82) is 0 Å². The second-order valence-corrected chi connectivity index (χ2v) is 7.08. The molecule has 0 aliphatic carbocycles. The molecule has 1 amide bonds. The molecule has 2 aromatic heterocycles. The number of hydrogen-bond acceptors (Lipinski definition) is 5. The van der Waals surface area contributed by atoms with Gasteiger partial charge < -0.3 is 9.80 Å². The minimum absolute atomic E-state index is 0.0161. The van der Waals surface area contributed by atoms with Gasteiger partial charge in [-0.15, -0.1) is 0 Å². The van der Waals surface area contributed by atoms with E-state index in [1.54, 1.807) is 29.3 Å². The zero-order chi connectivity index (χ0) is 18.0. The molecule has 1 aliphatic heterocycles. The lowest BCUT2D eigenvalue weighted by molar-refractivity contribution is 0.0717. The van der Waals surface area contributed by atoms with Crippen molar-refractivity contribution in [3.63, 3.8) is 0 Å². The summed E-state index contributed by atoms with van der Waals surface area (Å²) in [7, 11) is 4.01. The second-order valence-electron chi connectivity index (χ2n) is 7.08. The number of rotatable bonds is 5. The fourth-order valence-electron chi connectivity index (χ4n) is 3.34. The molecular weight excluding hydrogens is 316 g/mol. The average Bonchev–Trinajstić information content (AvgIpc) is 3.23. The Labute approximate surface area is 148 Å². The average molecular weight is 342 g/mol. The minimum Gasteiger partial charge on any atom is -0.329 e.